The Labute approximate surface area is 106 Å². The van der Waals surface area contributed by atoms with Gasteiger partial charge in [0.05, 0.1) is 0 Å². The van der Waals surface area contributed by atoms with Crippen LogP contribution in [-0.4, -0.2) is 15.7 Å². The molecular formula is C14H15N3O. The van der Waals surface area contributed by atoms with Crippen LogP contribution in [0.1, 0.15) is 12.5 Å². The number of rotatable bonds is 4. The second-order valence-electron chi connectivity index (χ2n) is 3.79. The molecule has 0 bridgehead atoms. The lowest BCUT2D eigenvalue weighted by Gasteiger charge is -1.97. The number of aryl methyl sites for hydroxylation is 1. The average Bonchev–Trinajstić information content (AvgIpc) is 2.85. The number of aromatic nitrogens is 2. The number of hydrogen-bond acceptors (Lipinski definition) is 2. The molecule has 1 aromatic carbocycles. The molecule has 2 rings (SSSR count). The maximum atomic E-state index is 11.6. The largest absolute Gasteiger partial charge is 0.306 e. The van der Waals surface area contributed by atoms with Crippen molar-refractivity contribution in [1.29, 1.82) is 0 Å². The fraction of sp³-hybridized carbons (Fsp3) is 0.143. The van der Waals surface area contributed by atoms with Crippen LogP contribution in [0, 0.1) is 0 Å². The van der Waals surface area contributed by atoms with Crippen molar-refractivity contribution in [2.24, 2.45) is 0 Å². The highest BCUT2D eigenvalue weighted by Crippen LogP contribution is 2.04. The van der Waals surface area contributed by atoms with Crippen LogP contribution in [0.25, 0.3) is 6.08 Å². The van der Waals surface area contributed by atoms with E-state index in [0.717, 1.165) is 12.1 Å². The molecule has 0 radical (unpaired) electrons. The van der Waals surface area contributed by atoms with Crippen LogP contribution >= 0.6 is 0 Å². The first-order chi connectivity index (χ1) is 8.78. The number of amides is 1. The summed E-state index contributed by atoms with van der Waals surface area (Å²) >= 11 is 0. The van der Waals surface area contributed by atoms with Gasteiger partial charge < -0.3 is 5.32 Å². The highest BCUT2D eigenvalue weighted by Gasteiger charge is 2.00. The van der Waals surface area contributed by atoms with Gasteiger partial charge in [-0.25, -0.2) is 0 Å². The van der Waals surface area contributed by atoms with Crippen molar-refractivity contribution < 1.29 is 4.79 Å². The Hall–Kier alpha value is -2.36. The van der Waals surface area contributed by atoms with Gasteiger partial charge in [-0.2, -0.15) is 5.10 Å². The molecule has 18 heavy (non-hydrogen) atoms. The zero-order valence-electron chi connectivity index (χ0n) is 10.2. The van der Waals surface area contributed by atoms with E-state index in [9.17, 15) is 4.79 Å². The number of nitrogens with zero attached hydrogens (tertiary/aromatic N) is 2. The van der Waals surface area contributed by atoms with Crippen molar-refractivity contribution in [3.63, 3.8) is 0 Å². The molecule has 0 aliphatic rings. The molecule has 0 atom stereocenters. The Morgan fingerprint density at radius 1 is 1.33 bits per heavy atom. The molecule has 0 spiro atoms. The van der Waals surface area contributed by atoms with Gasteiger partial charge in [-0.15, -0.1) is 0 Å². The Balaban J connectivity index is 1.94. The number of anilines is 1. The minimum atomic E-state index is -0.180. The van der Waals surface area contributed by atoms with E-state index in [1.165, 1.54) is 6.08 Å². The number of carbonyl (C=O) groups is 1. The minimum absolute atomic E-state index is 0.180. The number of carbonyl (C=O) groups excluding carboxylic acids is 1. The fourth-order valence-electron chi connectivity index (χ4n) is 1.51. The zero-order chi connectivity index (χ0) is 12.8. The second kappa shape index (κ2) is 5.82. The molecule has 0 unspecified atom stereocenters. The molecule has 4 heteroatoms. The van der Waals surface area contributed by atoms with Gasteiger partial charge in [-0.05, 0) is 18.6 Å². The predicted molar refractivity (Wildman–Crippen MR) is 72.0 cm³/mol. The van der Waals surface area contributed by atoms with Crippen LogP contribution in [0.3, 0.4) is 0 Å². The number of nitrogens with one attached hydrogen (secondary N) is 1. The molecule has 0 saturated heterocycles. The molecule has 0 fully saturated rings. The van der Waals surface area contributed by atoms with Gasteiger partial charge >= 0.3 is 0 Å². The van der Waals surface area contributed by atoms with Crippen molar-refractivity contribution in [2.75, 3.05) is 5.32 Å². The molecule has 0 aliphatic carbocycles. The van der Waals surface area contributed by atoms with Crippen molar-refractivity contribution >= 4 is 17.8 Å². The lowest BCUT2D eigenvalue weighted by atomic mass is 10.2. The van der Waals surface area contributed by atoms with Crippen LogP contribution in [0.5, 0.6) is 0 Å². The first-order valence-electron chi connectivity index (χ1n) is 5.85. The summed E-state index contributed by atoms with van der Waals surface area (Å²) in [6, 6.07) is 11.5. The first kappa shape index (κ1) is 12.1. The standard InChI is InChI=1S/C14H15N3O/c1-2-17-11-10-13(16-17)15-14(18)9-8-12-6-4-3-5-7-12/h3-11H,2H2,1H3,(H,15,16,18). The monoisotopic (exact) mass is 241 g/mol. The average molecular weight is 241 g/mol. The molecule has 1 aromatic heterocycles. The van der Waals surface area contributed by atoms with E-state index in [-0.39, 0.29) is 5.91 Å². The number of benzene rings is 1. The smallest absolute Gasteiger partial charge is 0.249 e. The third kappa shape index (κ3) is 3.31. The van der Waals surface area contributed by atoms with E-state index in [2.05, 4.69) is 10.4 Å². The maximum Gasteiger partial charge on any atom is 0.249 e. The molecule has 4 nitrogen and oxygen atoms in total. The number of hydrogen-bond donors (Lipinski definition) is 1. The van der Waals surface area contributed by atoms with Crippen molar-refractivity contribution in [3.8, 4) is 0 Å². The summed E-state index contributed by atoms with van der Waals surface area (Å²) in [5.41, 5.74) is 0.992. The summed E-state index contributed by atoms with van der Waals surface area (Å²) in [6.07, 6.45) is 5.10. The first-order valence-corrected chi connectivity index (χ1v) is 5.85. The highest BCUT2D eigenvalue weighted by molar-refractivity contribution is 6.01. The van der Waals surface area contributed by atoms with E-state index < -0.39 is 0 Å². The predicted octanol–water partition coefficient (Wildman–Crippen LogP) is 2.55. The topological polar surface area (TPSA) is 46.9 Å². The Morgan fingerprint density at radius 2 is 2.11 bits per heavy atom. The SMILES string of the molecule is CCn1ccc(NC(=O)C=Cc2ccccc2)n1. The van der Waals surface area contributed by atoms with Crippen LogP contribution in [0.2, 0.25) is 0 Å². The van der Waals surface area contributed by atoms with Crippen LogP contribution in [0.4, 0.5) is 5.82 Å². The van der Waals surface area contributed by atoms with Gasteiger partial charge in [0.15, 0.2) is 5.82 Å². The molecule has 0 aliphatic heterocycles. The van der Waals surface area contributed by atoms with E-state index in [4.69, 9.17) is 0 Å². The van der Waals surface area contributed by atoms with E-state index >= 15 is 0 Å². The lowest BCUT2D eigenvalue weighted by Crippen LogP contribution is -2.08. The molecule has 1 heterocycles. The maximum absolute atomic E-state index is 11.6. The quantitative estimate of drug-likeness (QED) is 0.836. The Kier molecular flexibility index (Phi) is 3.91. The summed E-state index contributed by atoms with van der Waals surface area (Å²) in [5.74, 6) is 0.389. The molecular weight excluding hydrogens is 226 g/mol. The van der Waals surface area contributed by atoms with Gasteiger partial charge in [-0.3, -0.25) is 9.48 Å². The van der Waals surface area contributed by atoms with Crippen molar-refractivity contribution in [1.82, 2.24) is 9.78 Å². The summed E-state index contributed by atoms with van der Waals surface area (Å²) < 4.78 is 1.76. The Morgan fingerprint density at radius 3 is 2.78 bits per heavy atom. The molecule has 0 saturated carbocycles. The highest BCUT2D eigenvalue weighted by atomic mass is 16.1. The van der Waals surface area contributed by atoms with Gasteiger partial charge in [0, 0.05) is 24.9 Å². The molecule has 2 aromatic rings. The summed E-state index contributed by atoms with van der Waals surface area (Å²) in [4.78, 5) is 11.6. The lowest BCUT2D eigenvalue weighted by molar-refractivity contribution is -0.111. The van der Waals surface area contributed by atoms with Crippen LogP contribution < -0.4 is 5.32 Å². The minimum Gasteiger partial charge on any atom is -0.306 e. The summed E-state index contributed by atoms with van der Waals surface area (Å²) in [5, 5.41) is 6.88. The van der Waals surface area contributed by atoms with E-state index in [1.807, 2.05) is 43.5 Å². The van der Waals surface area contributed by atoms with Gasteiger partial charge in [0.2, 0.25) is 5.91 Å². The second-order valence-corrected chi connectivity index (χ2v) is 3.79. The Bertz CT molecular complexity index is 543. The summed E-state index contributed by atoms with van der Waals surface area (Å²) in [6.45, 7) is 2.78. The van der Waals surface area contributed by atoms with Crippen LogP contribution in [-0.2, 0) is 11.3 Å². The van der Waals surface area contributed by atoms with E-state index in [1.54, 1.807) is 16.8 Å². The molecule has 1 N–H and O–H groups in total. The fourth-order valence-corrected chi connectivity index (χ4v) is 1.51. The van der Waals surface area contributed by atoms with Crippen molar-refractivity contribution in [3.05, 3.63) is 54.2 Å². The third-order valence-corrected chi connectivity index (χ3v) is 2.44. The van der Waals surface area contributed by atoms with Crippen molar-refractivity contribution in [2.45, 2.75) is 13.5 Å². The van der Waals surface area contributed by atoms with Gasteiger partial charge in [-0.1, -0.05) is 30.3 Å². The summed E-state index contributed by atoms with van der Waals surface area (Å²) in [7, 11) is 0. The normalized spacial score (nSPS) is 10.7. The third-order valence-electron chi connectivity index (χ3n) is 2.44. The van der Waals surface area contributed by atoms with Crippen LogP contribution in [0.15, 0.2) is 48.7 Å². The molecule has 1 amide bonds. The van der Waals surface area contributed by atoms with Gasteiger partial charge in [0.25, 0.3) is 0 Å². The van der Waals surface area contributed by atoms with Gasteiger partial charge in [0.1, 0.15) is 0 Å². The van der Waals surface area contributed by atoms with E-state index in [0.29, 0.717) is 5.82 Å². The molecule has 92 valence electrons. The zero-order valence-corrected chi connectivity index (χ0v) is 10.2.